The summed E-state index contributed by atoms with van der Waals surface area (Å²) in [5.74, 6) is -0.474. The molecule has 0 bridgehead atoms. The topological polar surface area (TPSA) is 84.1 Å². The molecule has 27 heavy (non-hydrogen) atoms. The number of carboxylic acids is 1. The van der Waals surface area contributed by atoms with E-state index in [-0.39, 0.29) is 11.6 Å². The Balaban J connectivity index is 1.89. The summed E-state index contributed by atoms with van der Waals surface area (Å²) in [6.07, 6.45) is 0.912. The maximum atomic E-state index is 12.2. The standard InChI is InChI=1S/C19H19N3O4S/c1-4-5-12-16(18(24)25)22-14(9-27-19(22)20-12)11-6-7-15-13(8-11)21(3)17(23)10(2)26-15/h6-10H,4-5H2,1-3H3,(H,24,25). The minimum atomic E-state index is -0.993. The van der Waals surface area contributed by atoms with Crippen LogP contribution in [0.3, 0.4) is 0 Å². The molecule has 1 N–H and O–H groups in total. The van der Waals surface area contributed by atoms with Crippen LogP contribution < -0.4 is 9.64 Å². The smallest absolute Gasteiger partial charge is 0.354 e. The number of likely N-dealkylation sites (N-methyl/N-ethyl adjacent to an activating group) is 1. The predicted octanol–water partition coefficient (Wildman–Crippen LogP) is 3.46. The average molecular weight is 385 g/mol. The molecule has 7 nitrogen and oxygen atoms in total. The number of aromatic carboxylic acids is 1. The van der Waals surface area contributed by atoms with Crippen molar-refractivity contribution in [2.45, 2.75) is 32.8 Å². The fraction of sp³-hybridized carbons (Fsp3) is 0.316. The lowest BCUT2D eigenvalue weighted by atomic mass is 10.1. The molecular formula is C19H19N3O4S. The number of benzene rings is 1. The fourth-order valence-corrected chi connectivity index (χ4v) is 4.32. The third-order valence-corrected chi connectivity index (χ3v) is 5.55. The van der Waals surface area contributed by atoms with Gasteiger partial charge < -0.3 is 14.7 Å². The summed E-state index contributed by atoms with van der Waals surface area (Å²) in [6, 6.07) is 5.55. The summed E-state index contributed by atoms with van der Waals surface area (Å²) in [5, 5.41) is 11.6. The molecule has 3 heterocycles. The summed E-state index contributed by atoms with van der Waals surface area (Å²) in [5.41, 5.74) is 3.02. The van der Waals surface area contributed by atoms with E-state index in [0.29, 0.717) is 28.5 Å². The molecule has 0 radical (unpaired) electrons. The SMILES string of the molecule is CCCc1nc2scc(-c3ccc4c(c3)N(C)C(=O)C(C)O4)n2c1C(=O)O. The molecule has 1 aliphatic rings. The van der Waals surface area contributed by atoms with Gasteiger partial charge in [-0.1, -0.05) is 13.3 Å². The lowest BCUT2D eigenvalue weighted by Crippen LogP contribution is -2.41. The van der Waals surface area contributed by atoms with Gasteiger partial charge in [-0.15, -0.1) is 11.3 Å². The van der Waals surface area contributed by atoms with E-state index >= 15 is 0 Å². The van der Waals surface area contributed by atoms with Gasteiger partial charge in [0.25, 0.3) is 5.91 Å². The number of hydrogen-bond acceptors (Lipinski definition) is 5. The van der Waals surface area contributed by atoms with E-state index in [1.807, 2.05) is 30.5 Å². The second-order valence-corrected chi connectivity index (χ2v) is 7.38. The normalized spacial score (nSPS) is 16.5. The average Bonchev–Trinajstić information content (AvgIpc) is 3.18. The van der Waals surface area contributed by atoms with Crippen LogP contribution >= 0.6 is 11.3 Å². The third-order valence-electron chi connectivity index (χ3n) is 4.72. The van der Waals surface area contributed by atoms with E-state index in [9.17, 15) is 14.7 Å². The number of ether oxygens (including phenoxy) is 1. The molecule has 0 spiro atoms. The van der Waals surface area contributed by atoms with Gasteiger partial charge in [0.2, 0.25) is 0 Å². The highest BCUT2D eigenvalue weighted by Gasteiger charge is 2.29. The first-order valence-corrected chi connectivity index (χ1v) is 9.61. The monoisotopic (exact) mass is 385 g/mol. The first kappa shape index (κ1) is 17.5. The number of thiazole rings is 1. The third kappa shape index (κ3) is 2.68. The maximum absolute atomic E-state index is 12.2. The second kappa shape index (κ2) is 6.38. The van der Waals surface area contributed by atoms with Crippen LogP contribution in [-0.4, -0.2) is 39.5 Å². The molecule has 1 amide bonds. The summed E-state index contributed by atoms with van der Waals surface area (Å²) in [6.45, 7) is 3.72. The Morgan fingerprint density at radius 1 is 1.41 bits per heavy atom. The van der Waals surface area contributed by atoms with E-state index in [0.717, 1.165) is 17.7 Å². The summed E-state index contributed by atoms with van der Waals surface area (Å²) >= 11 is 1.40. The van der Waals surface area contributed by atoms with Crippen molar-refractivity contribution in [1.29, 1.82) is 0 Å². The highest BCUT2D eigenvalue weighted by molar-refractivity contribution is 7.15. The number of amides is 1. The maximum Gasteiger partial charge on any atom is 0.354 e. The molecule has 0 fully saturated rings. The second-order valence-electron chi connectivity index (χ2n) is 6.54. The Kier molecular flexibility index (Phi) is 4.15. The highest BCUT2D eigenvalue weighted by Crippen LogP contribution is 2.38. The fourth-order valence-electron chi connectivity index (χ4n) is 3.40. The Hall–Kier alpha value is -2.87. The van der Waals surface area contributed by atoms with Crippen molar-refractivity contribution >= 4 is 33.9 Å². The minimum Gasteiger partial charge on any atom is -0.479 e. The van der Waals surface area contributed by atoms with Gasteiger partial charge in [0.1, 0.15) is 5.75 Å². The van der Waals surface area contributed by atoms with Crippen molar-refractivity contribution in [2.24, 2.45) is 0 Å². The molecule has 1 unspecified atom stereocenters. The molecule has 0 aliphatic carbocycles. The lowest BCUT2D eigenvalue weighted by Gasteiger charge is -2.30. The van der Waals surface area contributed by atoms with Gasteiger partial charge in [-0.25, -0.2) is 9.78 Å². The number of aryl methyl sites for hydroxylation is 1. The summed E-state index contributed by atoms with van der Waals surface area (Å²) in [4.78, 5) is 30.8. The molecule has 8 heteroatoms. The number of anilines is 1. The van der Waals surface area contributed by atoms with E-state index in [4.69, 9.17) is 4.74 Å². The Labute approximate surface area is 159 Å². The number of carbonyl (C=O) groups excluding carboxylic acids is 1. The van der Waals surface area contributed by atoms with Crippen molar-refractivity contribution in [3.05, 3.63) is 35.0 Å². The molecular weight excluding hydrogens is 366 g/mol. The molecule has 0 saturated carbocycles. The van der Waals surface area contributed by atoms with Crippen molar-refractivity contribution in [2.75, 3.05) is 11.9 Å². The zero-order valence-corrected chi connectivity index (χ0v) is 16.0. The number of hydrogen-bond donors (Lipinski definition) is 1. The van der Waals surface area contributed by atoms with E-state index in [1.165, 1.54) is 11.3 Å². The number of carbonyl (C=O) groups is 2. The zero-order valence-electron chi connectivity index (χ0n) is 15.2. The van der Waals surface area contributed by atoms with Crippen molar-refractivity contribution in [3.8, 4) is 17.0 Å². The van der Waals surface area contributed by atoms with E-state index in [2.05, 4.69) is 4.98 Å². The van der Waals surface area contributed by atoms with Gasteiger partial charge in [0, 0.05) is 18.0 Å². The molecule has 2 aromatic heterocycles. The summed E-state index contributed by atoms with van der Waals surface area (Å²) < 4.78 is 7.36. The van der Waals surface area contributed by atoms with Crippen molar-refractivity contribution in [1.82, 2.24) is 9.38 Å². The lowest BCUT2D eigenvalue weighted by molar-refractivity contribution is -0.125. The summed E-state index contributed by atoms with van der Waals surface area (Å²) in [7, 11) is 1.71. The van der Waals surface area contributed by atoms with Gasteiger partial charge in [0.05, 0.1) is 17.1 Å². The number of aromatic nitrogens is 2. The first-order valence-electron chi connectivity index (χ1n) is 8.73. The molecule has 3 aromatic rings. The minimum absolute atomic E-state index is 0.116. The van der Waals surface area contributed by atoms with Crippen molar-refractivity contribution < 1.29 is 19.4 Å². The predicted molar refractivity (Wildman–Crippen MR) is 103 cm³/mol. The van der Waals surface area contributed by atoms with Crippen LogP contribution in [0.1, 0.15) is 36.5 Å². The molecule has 4 rings (SSSR count). The van der Waals surface area contributed by atoms with Gasteiger partial charge in [-0.05, 0) is 31.5 Å². The number of nitrogens with zero attached hydrogens (tertiary/aromatic N) is 3. The number of fused-ring (bicyclic) bond motifs is 2. The quantitative estimate of drug-likeness (QED) is 0.744. The van der Waals surface area contributed by atoms with Crippen molar-refractivity contribution in [3.63, 3.8) is 0 Å². The van der Waals surface area contributed by atoms with Gasteiger partial charge in [-0.3, -0.25) is 9.20 Å². The van der Waals surface area contributed by atoms with Crippen LogP contribution in [0.5, 0.6) is 5.75 Å². The Bertz CT molecular complexity index is 1070. The number of carboxylic acid groups (broad SMARTS) is 1. The largest absolute Gasteiger partial charge is 0.479 e. The van der Waals surface area contributed by atoms with E-state index in [1.54, 1.807) is 23.3 Å². The highest BCUT2D eigenvalue weighted by atomic mass is 32.1. The van der Waals surface area contributed by atoms with Gasteiger partial charge >= 0.3 is 5.97 Å². The van der Waals surface area contributed by atoms with Gasteiger partial charge in [-0.2, -0.15) is 0 Å². The molecule has 0 saturated heterocycles. The molecule has 140 valence electrons. The van der Waals surface area contributed by atoms with Crippen LogP contribution in [0.25, 0.3) is 16.2 Å². The molecule has 1 aromatic carbocycles. The van der Waals surface area contributed by atoms with Gasteiger partial charge in [0.15, 0.2) is 16.8 Å². The number of imidazole rings is 1. The van der Waals surface area contributed by atoms with Crippen LogP contribution in [-0.2, 0) is 11.2 Å². The van der Waals surface area contributed by atoms with E-state index < -0.39 is 12.1 Å². The molecule has 1 aliphatic heterocycles. The van der Waals surface area contributed by atoms with Crippen LogP contribution in [0.2, 0.25) is 0 Å². The Morgan fingerprint density at radius 2 is 2.19 bits per heavy atom. The Morgan fingerprint density at radius 3 is 2.89 bits per heavy atom. The zero-order chi connectivity index (χ0) is 19.3. The van der Waals surface area contributed by atoms with Crippen LogP contribution in [0.15, 0.2) is 23.6 Å². The molecule has 1 atom stereocenters. The van der Waals surface area contributed by atoms with Crippen LogP contribution in [0, 0.1) is 0 Å². The first-order chi connectivity index (χ1) is 12.9. The van der Waals surface area contributed by atoms with Crippen LogP contribution in [0.4, 0.5) is 5.69 Å². The number of rotatable bonds is 4.